The Balaban J connectivity index is 2.94. The molecule has 1 N–H and O–H groups in total. The first kappa shape index (κ1) is 11.0. The van der Waals surface area contributed by atoms with Gasteiger partial charge in [0, 0.05) is 18.7 Å². The number of rotatable bonds is 3. The average molecular weight is 216 g/mol. The van der Waals surface area contributed by atoms with Gasteiger partial charge in [-0.2, -0.15) is 0 Å². The van der Waals surface area contributed by atoms with Crippen molar-refractivity contribution >= 4 is 17.5 Å². The van der Waals surface area contributed by atoms with Crippen LogP contribution in [-0.4, -0.2) is 23.0 Å². The van der Waals surface area contributed by atoms with Crippen molar-refractivity contribution in [2.75, 3.05) is 12.3 Å². The molecule has 0 aromatic heterocycles. The van der Waals surface area contributed by atoms with Crippen LogP contribution in [0.1, 0.15) is 19.8 Å². The molecule has 0 saturated carbocycles. The molecule has 14 heavy (non-hydrogen) atoms. The Hall–Kier alpha value is -1.04. The van der Waals surface area contributed by atoms with E-state index in [1.165, 1.54) is 11.8 Å². The standard InChI is InChI=1S/C8H12N2O3S/c1-2-6(11)7(10(12)13)8-9-4-3-5-14-8/h9H,2-5H2,1H3. The van der Waals surface area contributed by atoms with Crippen LogP contribution >= 0.6 is 11.8 Å². The van der Waals surface area contributed by atoms with Gasteiger partial charge in [0.15, 0.2) is 5.03 Å². The van der Waals surface area contributed by atoms with E-state index in [1.807, 2.05) is 0 Å². The Labute approximate surface area is 86.1 Å². The third-order valence-corrected chi connectivity index (χ3v) is 2.96. The molecule has 6 heteroatoms. The van der Waals surface area contributed by atoms with Gasteiger partial charge in [-0.1, -0.05) is 6.92 Å². The van der Waals surface area contributed by atoms with E-state index < -0.39 is 10.7 Å². The van der Waals surface area contributed by atoms with Crippen LogP contribution < -0.4 is 5.32 Å². The molecule has 1 saturated heterocycles. The van der Waals surface area contributed by atoms with Crippen LogP contribution in [0, 0.1) is 10.1 Å². The van der Waals surface area contributed by atoms with Crippen molar-refractivity contribution in [2.24, 2.45) is 0 Å². The second-order valence-electron chi connectivity index (χ2n) is 2.84. The number of hydrogen-bond donors (Lipinski definition) is 1. The largest absolute Gasteiger partial charge is 0.374 e. The van der Waals surface area contributed by atoms with Crippen LogP contribution in [0.3, 0.4) is 0 Å². The second-order valence-corrected chi connectivity index (χ2v) is 3.95. The molecule has 0 spiro atoms. The summed E-state index contributed by atoms with van der Waals surface area (Å²) in [6.45, 7) is 2.33. The number of nitrogens with zero attached hydrogens (tertiary/aromatic N) is 1. The Kier molecular flexibility index (Phi) is 3.94. The molecular formula is C8H12N2O3S. The number of allylic oxidation sites excluding steroid dienone is 1. The number of carbonyl (C=O) groups is 1. The Morgan fingerprint density at radius 3 is 2.86 bits per heavy atom. The van der Waals surface area contributed by atoms with Crippen LogP contribution in [0.25, 0.3) is 0 Å². The molecule has 0 bridgehead atoms. The van der Waals surface area contributed by atoms with Crippen LogP contribution in [0.4, 0.5) is 0 Å². The van der Waals surface area contributed by atoms with Crippen LogP contribution in [0.5, 0.6) is 0 Å². The summed E-state index contributed by atoms with van der Waals surface area (Å²) >= 11 is 1.35. The molecule has 1 rings (SSSR count). The number of thioether (sulfide) groups is 1. The minimum atomic E-state index is -0.591. The summed E-state index contributed by atoms with van der Waals surface area (Å²) in [7, 11) is 0. The van der Waals surface area contributed by atoms with E-state index in [0.717, 1.165) is 12.2 Å². The van der Waals surface area contributed by atoms with E-state index >= 15 is 0 Å². The van der Waals surface area contributed by atoms with Gasteiger partial charge in [-0.05, 0) is 6.42 Å². The SMILES string of the molecule is CCC(=O)C(=C1NCCCS1)[N+](=O)[O-]. The first-order valence-corrected chi connectivity index (χ1v) is 5.44. The highest BCUT2D eigenvalue weighted by Crippen LogP contribution is 2.23. The lowest BCUT2D eigenvalue weighted by molar-refractivity contribution is -0.419. The molecule has 0 aliphatic carbocycles. The summed E-state index contributed by atoms with van der Waals surface area (Å²) in [5.41, 5.74) is -0.280. The van der Waals surface area contributed by atoms with Gasteiger partial charge in [0.2, 0.25) is 5.78 Å². The van der Waals surface area contributed by atoms with Crippen molar-refractivity contribution in [1.82, 2.24) is 5.32 Å². The molecule has 78 valence electrons. The van der Waals surface area contributed by atoms with Gasteiger partial charge < -0.3 is 5.32 Å². The molecule has 1 aliphatic rings. The molecule has 0 radical (unpaired) electrons. The smallest absolute Gasteiger partial charge is 0.341 e. The van der Waals surface area contributed by atoms with Crippen molar-refractivity contribution in [3.8, 4) is 0 Å². The number of hydrogen-bond acceptors (Lipinski definition) is 5. The predicted molar refractivity (Wildman–Crippen MR) is 54.4 cm³/mol. The highest BCUT2D eigenvalue weighted by atomic mass is 32.2. The van der Waals surface area contributed by atoms with Crippen molar-refractivity contribution in [1.29, 1.82) is 0 Å². The monoisotopic (exact) mass is 216 g/mol. The molecule has 0 unspecified atom stereocenters. The summed E-state index contributed by atoms with van der Waals surface area (Å²) in [4.78, 5) is 21.4. The fourth-order valence-corrected chi connectivity index (χ4v) is 2.15. The molecule has 1 aliphatic heterocycles. The lowest BCUT2D eigenvalue weighted by Gasteiger charge is -2.15. The van der Waals surface area contributed by atoms with Crippen molar-refractivity contribution in [3.05, 3.63) is 20.8 Å². The highest BCUT2D eigenvalue weighted by molar-refractivity contribution is 8.03. The summed E-state index contributed by atoms with van der Waals surface area (Å²) < 4.78 is 0. The van der Waals surface area contributed by atoms with Gasteiger partial charge in [-0.25, -0.2) is 0 Å². The lowest BCUT2D eigenvalue weighted by atomic mass is 10.2. The molecule has 0 aromatic carbocycles. The summed E-state index contributed by atoms with van der Waals surface area (Å²) in [5.74, 6) is 0.420. The van der Waals surface area contributed by atoms with E-state index in [1.54, 1.807) is 6.92 Å². The Bertz CT molecular complexity index is 280. The number of carbonyl (C=O) groups excluding carboxylic acids is 1. The molecule has 0 amide bonds. The average Bonchev–Trinajstić information content (AvgIpc) is 2.19. The topological polar surface area (TPSA) is 72.2 Å². The van der Waals surface area contributed by atoms with Gasteiger partial charge in [0.25, 0.3) is 0 Å². The summed E-state index contributed by atoms with van der Waals surface area (Å²) in [6, 6.07) is 0. The third-order valence-electron chi connectivity index (χ3n) is 1.84. The molecule has 5 nitrogen and oxygen atoms in total. The molecule has 1 fully saturated rings. The molecule has 0 atom stereocenters. The van der Waals surface area contributed by atoms with E-state index in [9.17, 15) is 14.9 Å². The first-order chi connectivity index (χ1) is 6.66. The molecule has 1 heterocycles. The van der Waals surface area contributed by atoms with Crippen LogP contribution in [0.2, 0.25) is 0 Å². The minimum absolute atomic E-state index is 0.169. The summed E-state index contributed by atoms with van der Waals surface area (Å²) in [6.07, 6.45) is 1.14. The Morgan fingerprint density at radius 1 is 1.71 bits per heavy atom. The number of nitro groups is 1. The maximum Gasteiger partial charge on any atom is 0.341 e. The fourth-order valence-electron chi connectivity index (χ4n) is 1.13. The van der Waals surface area contributed by atoms with Gasteiger partial charge in [0.05, 0.1) is 4.92 Å². The van der Waals surface area contributed by atoms with Crippen LogP contribution in [-0.2, 0) is 4.79 Å². The molecular weight excluding hydrogens is 204 g/mol. The van der Waals surface area contributed by atoms with E-state index in [4.69, 9.17) is 0 Å². The minimum Gasteiger partial charge on any atom is -0.374 e. The van der Waals surface area contributed by atoms with Gasteiger partial charge in [-0.15, -0.1) is 11.8 Å². The first-order valence-electron chi connectivity index (χ1n) is 4.45. The van der Waals surface area contributed by atoms with E-state index in [0.29, 0.717) is 11.6 Å². The zero-order chi connectivity index (χ0) is 10.6. The maximum absolute atomic E-state index is 11.3. The number of Topliss-reactive ketones (excluding diaryl/α,β-unsaturated/α-hetero) is 1. The normalized spacial score (nSPS) is 19.8. The quantitative estimate of drug-likeness (QED) is 0.435. The van der Waals surface area contributed by atoms with Gasteiger partial charge in [0.1, 0.15) is 0 Å². The predicted octanol–water partition coefficient (Wildman–Crippen LogP) is 1.14. The van der Waals surface area contributed by atoms with Crippen LogP contribution in [0.15, 0.2) is 10.7 Å². The van der Waals surface area contributed by atoms with Crippen molar-refractivity contribution in [3.63, 3.8) is 0 Å². The van der Waals surface area contributed by atoms with Crippen molar-refractivity contribution in [2.45, 2.75) is 19.8 Å². The van der Waals surface area contributed by atoms with Gasteiger partial charge >= 0.3 is 5.70 Å². The summed E-state index contributed by atoms with van der Waals surface area (Å²) in [5, 5.41) is 14.0. The highest BCUT2D eigenvalue weighted by Gasteiger charge is 2.27. The lowest BCUT2D eigenvalue weighted by Crippen LogP contribution is -2.25. The maximum atomic E-state index is 11.3. The zero-order valence-corrected chi connectivity index (χ0v) is 8.73. The van der Waals surface area contributed by atoms with E-state index in [2.05, 4.69) is 5.32 Å². The molecule has 0 aromatic rings. The fraction of sp³-hybridized carbons (Fsp3) is 0.625. The number of ketones is 1. The zero-order valence-electron chi connectivity index (χ0n) is 7.91. The third kappa shape index (κ3) is 2.47. The second kappa shape index (κ2) is 4.99. The Morgan fingerprint density at radius 2 is 2.43 bits per heavy atom. The van der Waals surface area contributed by atoms with Gasteiger partial charge in [-0.3, -0.25) is 14.9 Å². The van der Waals surface area contributed by atoms with E-state index in [-0.39, 0.29) is 12.1 Å². The van der Waals surface area contributed by atoms with Crippen molar-refractivity contribution < 1.29 is 9.72 Å². The number of nitrogens with one attached hydrogen (secondary N) is 1.